The largest absolute Gasteiger partial charge is 0.507 e. The number of phenols is 2. The fourth-order valence-electron chi connectivity index (χ4n) is 3.24. The van der Waals surface area contributed by atoms with Crippen LogP contribution in [0.15, 0.2) is 66.7 Å². The molecule has 0 unspecified atom stereocenters. The van der Waals surface area contributed by atoms with Crippen molar-refractivity contribution in [1.82, 2.24) is 0 Å². The fraction of sp³-hybridized carbons (Fsp3) is 0.0455. The highest BCUT2D eigenvalue weighted by molar-refractivity contribution is 6.17. The number of aryl methyl sites for hydroxylation is 1. The first kappa shape index (κ1) is 16.0. The minimum Gasteiger partial charge on any atom is -0.507 e. The lowest BCUT2D eigenvalue weighted by Gasteiger charge is -2.13. The molecule has 4 rings (SSSR count). The highest BCUT2D eigenvalue weighted by Crippen LogP contribution is 2.34. The van der Waals surface area contributed by atoms with Crippen molar-refractivity contribution in [2.24, 2.45) is 0 Å². The van der Waals surface area contributed by atoms with E-state index in [0.717, 1.165) is 21.7 Å². The molecule has 0 saturated carbocycles. The third-order valence-corrected chi connectivity index (χ3v) is 4.53. The molecule has 0 aliphatic heterocycles. The molecule has 1 amide bonds. The molecule has 4 nitrogen and oxygen atoms in total. The average Bonchev–Trinajstić information content (AvgIpc) is 2.64. The van der Waals surface area contributed by atoms with Gasteiger partial charge in [0.15, 0.2) is 0 Å². The number of fused-ring (bicyclic) bond motifs is 2. The number of benzene rings is 4. The smallest absolute Gasteiger partial charge is 0.260 e. The van der Waals surface area contributed by atoms with Crippen LogP contribution in [0, 0.1) is 6.92 Å². The Balaban J connectivity index is 1.85. The number of phenolic OH excluding ortho intramolecular Hbond substituents is 2. The second-order valence-corrected chi connectivity index (χ2v) is 6.32. The molecule has 0 atom stereocenters. The van der Waals surface area contributed by atoms with E-state index in [1.54, 1.807) is 18.2 Å². The number of hydrogen-bond acceptors (Lipinski definition) is 3. The minimum absolute atomic E-state index is 0.0207. The third kappa shape index (κ3) is 2.62. The van der Waals surface area contributed by atoms with Gasteiger partial charge in [-0.15, -0.1) is 0 Å². The van der Waals surface area contributed by atoms with Crippen molar-refractivity contribution in [3.63, 3.8) is 0 Å². The zero-order chi connectivity index (χ0) is 18.3. The number of carbonyl (C=O) groups excluding carboxylic acids is 1. The molecule has 0 radical (unpaired) electrons. The van der Waals surface area contributed by atoms with Crippen molar-refractivity contribution in [2.45, 2.75) is 6.92 Å². The molecule has 26 heavy (non-hydrogen) atoms. The van der Waals surface area contributed by atoms with Gasteiger partial charge in [0, 0.05) is 5.39 Å². The number of rotatable bonds is 2. The predicted octanol–water partition coefficient (Wildman–Crippen LogP) is 4.96. The molecular weight excluding hydrogens is 326 g/mol. The Bertz CT molecular complexity index is 1160. The van der Waals surface area contributed by atoms with Crippen molar-refractivity contribution in [1.29, 1.82) is 0 Å². The topological polar surface area (TPSA) is 69.6 Å². The van der Waals surface area contributed by atoms with Crippen molar-refractivity contribution < 1.29 is 15.0 Å². The number of anilines is 1. The fourth-order valence-corrected chi connectivity index (χ4v) is 3.24. The van der Waals surface area contributed by atoms with Crippen LogP contribution in [-0.2, 0) is 0 Å². The molecule has 4 aromatic rings. The van der Waals surface area contributed by atoms with Crippen LogP contribution in [0.1, 0.15) is 15.9 Å². The lowest BCUT2D eigenvalue weighted by Crippen LogP contribution is -2.13. The monoisotopic (exact) mass is 343 g/mol. The van der Waals surface area contributed by atoms with Crippen LogP contribution in [-0.4, -0.2) is 16.1 Å². The average molecular weight is 343 g/mol. The van der Waals surface area contributed by atoms with Gasteiger partial charge in [0.25, 0.3) is 5.91 Å². The second-order valence-electron chi connectivity index (χ2n) is 6.32. The van der Waals surface area contributed by atoms with E-state index >= 15 is 0 Å². The Morgan fingerprint density at radius 2 is 1.54 bits per heavy atom. The summed E-state index contributed by atoms with van der Waals surface area (Å²) >= 11 is 0. The van der Waals surface area contributed by atoms with Gasteiger partial charge in [0.2, 0.25) is 0 Å². The molecular formula is C22H17NO3. The summed E-state index contributed by atoms with van der Waals surface area (Å²) in [4.78, 5) is 12.9. The van der Waals surface area contributed by atoms with Crippen LogP contribution in [0.4, 0.5) is 5.69 Å². The van der Waals surface area contributed by atoms with E-state index in [2.05, 4.69) is 5.32 Å². The third-order valence-electron chi connectivity index (χ3n) is 4.53. The number of carbonyl (C=O) groups is 1. The van der Waals surface area contributed by atoms with Crippen LogP contribution in [0.5, 0.6) is 11.5 Å². The van der Waals surface area contributed by atoms with Crippen molar-refractivity contribution in [2.75, 3.05) is 5.32 Å². The standard InChI is InChI=1S/C22H17NO3/c1-13-6-9-16-15(12-13)8-10-18(24)20(16)22(26)23-21-17-5-3-2-4-14(17)7-11-19(21)25/h2-12,24-25H,1H3,(H,23,26). The molecule has 0 heterocycles. The molecule has 0 aromatic heterocycles. The molecule has 0 saturated heterocycles. The molecule has 0 fully saturated rings. The Hall–Kier alpha value is -3.53. The number of amides is 1. The van der Waals surface area contributed by atoms with Crippen LogP contribution >= 0.6 is 0 Å². The van der Waals surface area contributed by atoms with Crippen molar-refractivity contribution in [3.05, 3.63) is 77.9 Å². The molecule has 4 aromatic carbocycles. The molecule has 128 valence electrons. The van der Waals surface area contributed by atoms with Gasteiger partial charge in [-0.2, -0.15) is 0 Å². The summed E-state index contributed by atoms with van der Waals surface area (Å²) in [5.41, 5.74) is 1.59. The van der Waals surface area contributed by atoms with Gasteiger partial charge < -0.3 is 15.5 Å². The van der Waals surface area contributed by atoms with Gasteiger partial charge >= 0.3 is 0 Å². The minimum atomic E-state index is -0.469. The Labute approximate surface area is 150 Å². The van der Waals surface area contributed by atoms with Gasteiger partial charge in [-0.1, -0.05) is 60.2 Å². The van der Waals surface area contributed by atoms with Crippen LogP contribution in [0.2, 0.25) is 0 Å². The quantitative estimate of drug-likeness (QED) is 0.450. The van der Waals surface area contributed by atoms with Crippen LogP contribution < -0.4 is 5.32 Å². The molecule has 0 aliphatic rings. The van der Waals surface area contributed by atoms with E-state index in [1.165, 1.54) is 6.07 Å². The van der Waals surface area contributed by atoms with Gasteiger partial charge in [0.1, 0.15) is 11.5 Å². The SMILES string of the molecule is Cc1ccc2c(C(=O)Nc3c(O)ccc4ccccc34)c(O)ccc2c1. The first-order chi connectivity index (χ1) is 12.5. The molecule has 0 aliphatic carbocycles. The maximum Gasteiger partial charge on any atom is 0.260 e. The van der Waals surface area contributed by atoms with Crippen LogP contribution in [0.3, 0.4) is 0 Å². The lowest BCUT2D eigenvalue weighted by molar-refractivity contribution is 0.102. The summed E-state index contributed by atoms with van der Waals surface area (Å²) in [6.07, 6.45) is 0. The van der Waals surface area contributed by atoms with E-state index in [-0.39, 0.29) is 17.1 Å². The maximum absolute atomic E-state index is 12.9. The zero-order valence-electron chi connectivity index (χ0n) is 14.2. The summed E-state index contributed by atoms with van der Waals surface area (Å²) < 4.78 is 0. The van der Waals surface area contributed by atoms with E-state index in [9.17, 15) is 15.0 Å². The van der Waals surface area contributed by atoms with Crippen molar-refractivity contribution in [3.8, 4) is 11.5 Å². The summed E-state index contributed by atoms with van der Waals surface area (Å²) in [6.45, 7) is 1.97. The molecule has 0 spiro atoms. The first-order valence-electron chi connectivity index (χ1n) is 8.29. The summed E-state index contributed by atoms with van der Waals surface area (Å²) in [7, 11) is 0. The summed E-state index contributed by atoms with van der Waals surface area (Å²) in [5.74, 6) is -0.588. The highest BCUT2D eigenvalue weighted by Gasteiger charge is 2.18. The summed E-state index contributed by atoms with van der Waals surface area (Å²) in [6, 6.07) is 19.8. The zero-order valence-corrected chi connectivity index (χ0v) is 14.2. The van der Waals surface area contributed by atoms with E-state index in [4.69, 9.17) is 0 Å². The Morgan fingerprint density at radius 1 is 0.808 bits per heavy atom. The predicted molar refractivity (Wildman–Crippen MR) is 104 cm³/mol. The van der Waals surface area contributed by atoms with Gasteiger partial charge in [-0.3, -0.25) is 4.79 Å². The summed E-state index contributed by atoms with van der Waals surface area (Å²) in [5, 5.41) is 26.5. The number of hydrogen-bond donors (Lipinski definition) is 3. The molecule has 0 bridgehead atoms. The molecule has 3 N–H and O–H groups in total. The highest BCUT2D eigenvalue weighted by atomic mass is 16.3. The second kappa shape index (κ2) is 6.08. The van der Waals surface area contributed by atoms with E-state index < -0.39 is 5.91 Å². The Morgan fingerprint density at radius 3 is 2.38 bits per heavy atom. The number of aromatic hydroxyl groups is 2. The lowest BCUT2D eigenvalue weighted by atomic mass is 10.0. The first-order valence-corrected chi connectivity index (χ1v) is 8.29. The normalized spacial score (nSPS) is 11.0. The van der Waals surface area contributed by atoms with Gasteiger partial charge in [-0.05, 0) is 35.2 Å². The molecule has 4 heteroatoms. The van der Waals surface area contributed by atoms with Gasteiger partial charge in [0.05, 0.1) is 11.3 Å². The van der Waals surface area contributed by atoms with E-state index in [0.29, 0.717) is 11.1 Å². The van der Waals surface area contributed by atoms with Gasteiger partial charge in [-0.25, -0.2) is 0 Å². The number of nitrogens with one attached hydrogen (secondary N) is 1. The van der Waals surface area contributed by atoms with Crippen molar-refractivity contribution >= 4 is 33.1 Å². The van der Waals surface area contributed by atoms with E-state index in [1.807, 2.05) is 49.4 Å². The maximum atomic E-state index is 12.9. The Kier molecular flexibility index (Phi) is 3.73. The van der Waals surface area contributed by atoms with Crippen LogP contribution in [0.25, 0.3) is 21.5 Å².